The molecule has 1 N–H and O–H groups in total. The van der Waals surface area contributed by atoms with E-state index in [0.29, 0.717) is 38.5 Å². The number of carbonyl (C=O) groups excluding carboxylic acids is 3. The van der Waals surface area contributed by atoms with Crippen molar-refractivity contribution in [2.75, 3.05) is 6.61 Å². The molecular formula is C30H28ClN5O4S. The first kappa shape index (κ1) is 28.3. The number of carbonyl (C=O) groups is 3. The zero-order valence-electron chi connectivity index (χ0n) is 22.8. The molecule has 210 valence electrons. The van der Waals surface area contributed by atoms with E-state index >= 15 is 0 Å². The molecule has 0 radical (unpaired) electrons. The second-order valence-corrected chi connectivity index (χ2v) is 10.8. The monoisotopic (exact) mass is 589 g/mol. The van der Waals surface area contributed by atoms with Crippen LogP contribution in [0.5, 0.6) is 0 Å². The minimum Gasteiger partial charge on any atom is -0.465 e. The Morgan fingerprint density at radius 3 is 2.51 bits per heavy atom. The van der Waals surface area contributed by atoms with Gasteiger partial charge in [-0.1, -0.05) is 48.9 Å². The maximum atomic E-state index is 13.6. The minimum absolute atomic E-state index is 0.0414. The highest BCUT2D eigenvalue weighted by Crippen LogP contribution is 2.32. The summed E-state index contributed by atoms with van der Waals surface area (Å²) in [5.41, 5.74) is 1.97. The minimum atomic E-state index is -0.432. The molecule has 0 unspecified atom stereocenters. The van der Waals surface area contributed by atoms with Gasteiger partial charge in [0.25, 0.3) is 5.91 Å². The Labute approximate surface area is 245 Å². The third-order valence-corrected chi connectivity index (χ3v) is 8.21. The number of aromatic nitrogens is 4. The standard InChI is InChI=1S/C30H28ClN5O4S/c1-4-20-15-22(28(38)21-11-7-8-12-23(21)31)30(41-20)36-18(3)33-34-26(36)16-32-29(39)25-14-19-10-6-9-13-24(19)35(25)17-27(37)40-5-2/h6-15H,4-5,16-17H2,1-3H3,(H,32,39). The summed E-state index contributed by atoms with van der Waals surface area (Å²) < 4.78 is 8.57. The lowest BCUT2D eigenvalue weighted by atomic mass is 10.0. The van der Waals surface area contributed by atoms with Gasteiger partial charge in [0.05, 0.1) is 23.7 Å². The lowest BCUT2D eigenvalue weighted by Gasteiger charge is -2.12. The summed E-state index contributed by atoms with van der Waals surface area (Å²) in [5.74, 6) is 0.0158. The van der Waals surface area contributed by atoms with Crippen LogP contribution in [0.1, 0.15) is 56.8 Å². The van der Waals surface area contributed by atoms with Crippen molar-refractivity contribution in [3.8, 4) is 5.00 Å². The molecule has 0 aliphatic heterocycles. The van der Waals surface area contributed by atoms with Crippen molar-refractivity contribution in [1.82, 2.24) is 24.6 Å². The Morgan fingerprint density at radius 2 is 1.76 bits per heavy atom. The molecule has 5 rings (SSSR count). The third-order valence-electron chi connectivity index (χ3n) is 6.61. The van der Waals surface area contributed by atoms with Crippen LogP contribution in [0.4, 0.5) is 0 Å². The average molecular weight is 590 g/mol. The summed E-state index contributed by atoms with van der Waals surface area (Å²) in [7, 11) is 0. The number of thiophene rings is 1. The molecule has 0 bridgehead atoms. The number of hydrogen-bond donors (Lipinski definition) is 1. The molecule has 0 aliphatic rings. The fourth-order valence-electron chi connectivity index (χ4n) is 4.66. The van der Waals surface area contributed by atoms with E-state index in [-0.39, 0.29) is 31.4 Å². The Bertz CT molecular complexity index is 1770. The van der Waals surface area contributed by atoms with Gasteiger partial charge >= 0.3 is 5.97 Å². The van der Waals surface area contributed by atoms with Gasteiger partial charge in [0.15, 0.2) is 11.6 Å². The summed E-state index contributed by atoms with van der Waals surface area (Å²) in [6.45, 7) is 5.75. The number of hydrogen-bond acceptors (Lipinski definition) is 7. The van der Waals surface area contributed by atoms with Gasteiger partial charge in [-0.3, -0.25) is 19.0 Å². The molecule has 0 saturated heterocycles. The molecule has 41 heavy (non-hydrogen) atoms. The number of esters is 1. The van der Waals surface area contributed by atoms with E-state index in [1.54, 1.807) is 53.3 Å². The highest BCUT2D eigenvalue weighted by atomic mass is 35.5. The molecular weight excluding hydrogens is 562 g/mol. The molecule has 3 heterocycles. The Morgan fingerprint density at radius 1 is 1.00 bits per heavy atom. The van der Waals surface area contributed by atoms with Gasteiger partial charge in [0.1, 0.15) is 23.1 Å². The van der Waals surface area contributed by atoms with Gasteiger partial charge < -0.3 is 14.6 Å². The van der Waals surface area contributed by atoms with Crippen LogP contribution in [-0.2, 0) is 29.0 Å². The predicted octanol–water partition coefficient (Wildman–Crippen LogP) is 5.53. The maximum absolute atomic E-state index is 13.6. The van der Waals surface area contributed by atoms with E-state index in [9.17, 15) is 14.4 Å². The molecule has 0 atom stereocenters. The van der Waals surface area contributed by atoms with Crippen molar-refractivity contribution in [1.29, 1.82) is 0 Å². The Hall–Kier alpha value is -4.28. The summed E-state index contributed by atoms with van der Waals surface area (Å²) >= 11 is 7.83. The van der Waals surface area contributed by atoms with Crippen LogP contribution in [0.3, 0.4) is 0 Å². The molecule has 11 heteroatoms. The number of ether oxygens (including phenoxy) is 1. The predicted molar refractivity (Wildman–Crippen MR) is 158 cm³/mol. The SMILES string of the molecule is CCOC(=O)Cn1c(C(=O)NCc2nnc(C)n2-c2sc(CC)cc2C(=O)c2ccccc2Cl)cc2ccccc21. The van der Waals surface area contributed by atoms with Crippen LogP contribution in [0.25, 0.3) is 15.9 Å². The second-order valence-electron chi connectivity index (χ2n) is 9.26. The third kappa shape index (κ3) is 5.66. The first-order chi connectivity index (χ1) is 19.8. The van der Waals surface area contributed by atoms with Crippen molar-refractivity contribution in [2.24, 2.45) is 0 Å². The number of benzene rings is 2. The van der Waals surface area contributed by atoms with Gasteiger partial charge in [-0.15, -0.1) is 21.5 Å². The van der Waals surface area contributed by atoms with E-state index in [2.05, 4.69) is 15.5 Å². The van der Waals surface area contributed by atoms with Gasteiger partial charge in [0.2, 0.25) is 0 Å². The van der Waals surface area contributed by atoms with Crippen LogP contribution in [-0.4, -0.2) is 43.6 Å². The molecule has 0 saturated carbocycles. The van der Waals surface area contributed by atoms with Crippen molar-refractivity contribution in [2.45, 2.75) is 40.3 Å². The van der Waals surface area contributed by atoms with Gasteiger partial charge in [-0.2, -0.15) is 0 Å². The molecule has 0 fully saturated rings. The normalized spacial score (nSPS) is 11.1. The zero-order chi connectivity index (χ0) is 29.1. The number of rotatable bonds is 10. The molecule has 5 aromatic rings. The maximum Gasteiger partial charge on any atom is 0.325 e. The summed E-state index contributed by atoms with van der Waals surface area (Å²) in [4.78, 5) is 40.4. The first-order valence-electron chi connectivity index (χ1n) is 13.2. The quantitative estimate of drug-likeness (QED) is 0.169. The fourth-order valence-corrected chi connectivity index (χ4v) is 6.05. The number of aryl methyl sites for hydroxylation is 2. The fraction of sp³-hybridized carbons (Fsp3) is 0.233. The highest BCUT2D eigenvalue weighted by Gasteiger charge is 2.25. The number of para-hydroxylation sites is 1. The molecule has 2 aromatic carbocycles. The van der Waals surface area contributed by atoms with E-state index < -0.39 is 5.97 Å². The van der Waals surface area contributed by atoms with E-state index in [0.717, 1.165) is 22.2 Å². The Kier molecular flexibility index (Phi) is 8.32. The van der Waals surface area contributed by atoms with Crippen molar-refractivity contribution in [3.05, 3.63) is 99.0 Å². The highest BCUT2D eigenvalue weighted by molar-refractivity contribution is 7.15. The van der Waals surface area contributed by atoms with Crippen LogP contribution < -0.4 is 5.32 Å². The van der Waals surface area contributed by atoms with Gasteiger partial charge in [0, 0.05) is 21.3 Å². The average Bonchev–Trinajstić information content (AvgIpc) is 3.66. The number of ketones is 1. The first-order valence-corrected chi connectivity index (χ1v) is 14.4. The molecule has 0 aliphatic carbocycles. The second kappa shape index (κ2) is 12.1. The molecule has 9 nitrogen and oxygen atoms in total. The summed E-state index contributed by atoms with van der Waals surface area (Å²) in [6, 6.07) is 18.0. The van der Waals surface area contributed by atoms with Gasteiger partial charge in [-0.05, 0) is 50.6 Å². The van der Waals surface area contributed by atoms with Crippen LogP contribution >= 0.6 is 22.9 Å². The van der Waals surface area contributed by atoms with E-state index in [4.69, 9.17) is 16.3 Å². The zero-order valence-corrected chi connectivity index (χ0v) is 24.4. The van der Waals surface area contributed by atoms with Crippen molar-refractivity contribution < 1.29 is 19.1 Å². The number of nitrogens with zero attached hydrogens (tertiary/aromatic N) is 4. The lowest BCUT2D eigenvalue weighted by molar-refractivity contribution is -0.143. The smallest absolute Gasteiger partial charge is 0.325 e. The van der Waals surface area contributed by atoms with Crippen molar-refractivity contribution in [3.63, 3.8) is 0 Å². The van der Waals surface area contributed by atoms with E-state index in [1.807, 2.05) is 37.3 Å². The summed E-state index contributed by atoms with van der Waals surface area (Å²) in [5, 5.41) is 13.3. The lowest BCUT2D eigenvalue weighted by Crippen LogP contribution is -2.28. The van der Waals surface area contributed by atoms with Crippen LogP contribution in [0.15, 0.2) is 60.7 Å². The number of nitrogens with one attached hydrogen (secondary N) is 1. The topological polar surface area (TPSA) is 108 Å². The number of amides is 1. The number of halogens is 1. The van der Waals surface area contributed by atoms with Crippen LogP contribution in [0.2, 0.25) is 5.02 Å². The molecule has 0 spiro atoms. The van der Waals surface area contributed by atoms with E-state index in [1.165, 1.54) is 11.3 Å². The number of fused-ring (bicyclic) bond motifs is 1. The molecule has 3 aromatic heterocycles. The van der Waals surface area contributed by atoms with Crippen molar-refractivity contribution >= 4 is 51.5 Å². The van der Waals surface area contributed by atoms with Crippen LogP contribution in [0, 0.1) is 6.92 Å². The van der Waals surface area contributed by atoms with Gasteiger partial charge in [-0.25, -0.2) is 0 Å². The summed E-state index contributed by atoms with van der Waals surface area (Å²) in [6.07, 6.45) is 0.742. The largest absolute Gasteiger partial charge is 0.465 e. The molecule has 1 amide bonds. The Balaban J connectivity index is 1.46.